The number of anilines is 1. The van der Waals surface area contributed by atoms with Crippen LogP contribution in [-0.4, -0.2) is 80.7 Å². The van der Waals surface area contributed by atoms with E-state index < -0.39 is 46.0 Å². The van der Waals surface area contributed by atoms with Crippen molar-refractivity contribution in [3.05, 3.63) is 54.1 Å². The van der Waals surface area contributed by atoms with Crippen LogP contribution in [0.15, 0.2) is 42.1 Å². The summed E-state index contributed by atoms with van der Waals surface area (Å²) < 4.78 is 109. The van der Waals surface area contributed by atoms with E-state index in [9.17, 15) is 40.0 Å². The van der Waals surface area contributed by atoms with Gasteiger partial charge in [-0.1, -0.05) is 0 Å². The van der Waals surface area contributed by atoms with Crippen molar-refractivity contribution in [1.29, 1.82) is 5.26 Å². The van der Waals surface area contributed by atoms with Gasteiger partial charge in [0.15, 0.2) is 27.1 Å². The van der Waals surface area contributed by atoms with Crippen LogP contribution in [0.5, 0.6) is 5.75 Å². The predicted molar refractivity (Wildman–Crippen MR) is 150 cm³/mol. The molecule has 4 aromatic rings. The maximum atomic E-state index is 15.5. The zero-order valence-electron chi connectivity index (χ0n) is 24.5. The van der Waals surface area contributed by atoms with E-state index in [0.717, 1.165) is 6.26 Å². The van der Waals surface area contributed by atoms with Gasteiger partial charge in [0.2, 0.25) is 0 Å². The first-order valence-electron chi connectivity index (χ1n) is 12.7. The summed E-state index contributed by atoms with van der Waals surface area (Å²) in [6, 6.07) is 4.08. The molecule has 0 bridgehead atoms. The number of carbonyl (C=O) groups is 2. The first-order valence-corrected chi connectivity index (χ1v) is 14.6. The van der Waals surface area contributed by atoms with Gasteiger partial charge in [0.25, 0.3) is 0 Å². The lowest BCUT2D eigenvalue weighted by Crippen LogP contribution is -2.21. The van der Waals surface area contributed by atoms with Gasteiger partial charge in [0, 0.05) is 29.8 Å². The summed E-state index contributed by atoms with van der Waals surface area (Å²) in [7, 11) is -3.60. The number of nitrogens with one attached hydrogen (secondary N) is 2. The van der Waals surface area contributed by atoms with Crippen LogP contribution in [0.4, 0.5) is 36.6 Å². The highest BCUT2D eigenvalue weighted by atomic mass is 32.2. The van der Waals surface area contributed by atoms with Crippen LogP contribution < -0.4 is 10.1 Å². The molecule has 3 heterocycles. The zero-order chi connectivity index (χ0) is 36.6. The number of carboxylic acid groups (broad SMARTS) is 2. The largest absolute Gasteiger partial charge is 0.493 e. The van der Waals surface area contributed by atoms with Crippen molar-refractivity contribution in [3.63, 3.8) is 0 Å². The minimum Gasteiger partial charge on any atom is -0.493 e. The molecule has 3 aromatic heterocycles. The number of fused-ring (bicyclic) bond motifs is 1. The number of nitrogens with zero attached hydrogens (tertiary/aromatic N) is 5. The number of aliphatic carboxylic acids is 2. The van der Waals surface area contributed by atoms with E-state index in [2.05, 4.69) is 30.2 Å². The van der Waals surface area contributed by atoms with E-state index in [1.807, 2.05) is 6.07 Å². The van der Waals surface area contributed by atoms with Gasteiger partial charge in [-0.15, -0.1) is 0 Å². The molecule has 4 N–H and O–H groups in total. The van der Waals surface area contributed by atoms with Gasteiger partial charge in [-0.05, 0) is 26.0 Å². The predicted octanol–water partition coefficient (Wildman–Crippen LogP) is 4.67. The van der Waals surface area contributed by atoms with E-state index in [4.69, 9.17) is 24.5 Å². The minimum atomic E-state index is -5.08. The molecule has 0 saturated carbocycles. The Kier molecular flexibility index (Phi) is 12.3. The quantitative estimate of drug-likeness (QED) is 0.192. The van der Waals surface area contributed by atoms with E-state index in [-0.39, 0.29) is 33.9 Å². The Bertz CT molecular complexity index is 1920. The van der Waals surface area contributed by atoms with Gasteiger partial charge in [0.1, 0.15) is 23.7 Å². The number of pyridine rings is 1. The molecule has 0 saturated heterocycles. The molecule has 258 valence electrons. The molecule has 0 aliphatic heterocycles. The topological polar surface area (TPSA) is 221 Å². The summed E-state index contributed by atoms with van der Waals surface area (Å²) >= 11 is 0. The van der Waals surface area contributed by atoms with Crippen molar-refractivity contribution in [2.75, 3.05) is 18.2 Å². The first kappa shape index (κ1) is 38.6. The third-order valence-corrected chi connectivity index (χ3v) is 6.69. The fraction of sp³-hybridized carbons (Fsp3) is 0.269. The number of ether oxygens (including phenoxy) is 1. The second-order valence-corrected chi connectivity index (χ2v) is 11.1. The number of alkyl halides is 6. The van der Waals surface area contributed by atoms with Crippen LogP contribution in [0, 0.1) is 17.1 Å². The van der Waals surface area contributed by atoms with Crippen molar-refractivity contribution in [3.8, 4) is 22.9 Å². The summed E-state index contributed by atoms with van der Waals surface area (Å²) in [4.78, 5) is 37.1. The van der Waals surface area contributed by atoms with Gasteiger partial charge in [-0.3, -0.25) is 4.98 Å². The highest BCUT2D eigenvalue weighted by molar-refractivity contribution is 7.90. The fourth-order valence-corrected chi connectivity index (χ4v) is 4.13. The van der Waals surface area contributed by atoms with E-state index in [1.165, 1.54) is 37.2 Å². The number of sulfone groups is 1. The van der Waals surface area contributed by atoms with Crippen LogP contribution in [0.2, 0.25) is 0 Å². The lowest BCUT2D eigenvalue weighted by molar-refractivity contribution is -0.193. The van der Waals surface area contributed by atoms with Gasteiger partial charge in [0.05, 0.1) is 35.0 Å². The molecule has 4 rings (SSSR count). The zero-order valence-corrected chi connectivity index (χ0v) is 25.3. The summed E-state index contributed by atoms with van der Waals surface area (Å²) in [6.45, 7) is 3.75. The number of aromatic nitrogens is 5. The van der Waals surface area contributed by atoms with Crippen molar-refractivity contribution in [2.24, 2.45) is 0 Å². The highest BCUT2D eigenvalue weighted by Crippen LogP contribution is 2.41. The van der Waals surface area contributed by atoms with E-state index in [1.54, 1.807) is 13.8 Å². The van der Waals surface area contributed by atoms with Crippen LogP contribution in [0.3, 0.4) is 0 Å². The molecule has 1 aromatic carbocycles. The number of benzene rings is 1. The number of rotatable bonds is 7. The number of nitriles is 1. The Labute approximate surface area is 265 Å². The van der Waals surface area contributed by atoms with Crippen LogP contribution in [-0.2, 0) is 19.4 Å². The smallest absolute Gasteiger partial charge is 0.490 e. The lowest BCUT2D eigenvalue weighted by atomic mass is 9.95. The summed E-state index contributed by atoms with van der Waals surface area (Å²) in [5.41, 5.74) is 1.44. The third kappa shape index (κ3) is 9.95. The van der Waals surface area contributed by atoms with Crippen LogP contribution in [0.25, 0.3) is 22.3 Å². The molecule has 0 aliphatic rings. The second kappa shape index (κ2) is 15.3. The van der Waals surface area contributed by atoms with Gasteiger partial charge in [-0.2, -0.15) is 31.6 Å². The Hall–Kier alpha value is -5.59. The van der Waals surface area contributed by atoms with Crippen molar-refractivity contribution < 1.29 is 63.7 Å². The van der Waals surface area contributed by atoms with Crippen LogP contribution >= 0.6 is 0 Å². The Balaban J connectivity index is 0.000000479. The lowest BCUT2D eigenvalue weighted by Gasteiger charge is -2.22. The average molecular weight is 710 g/mol. The summed E-state index contributed by atoms with van der Waals surface area (Å²) in [5, 5.41) is 27.1. The normalized spacial score (nSPS) is 12.0. The van der Waals surface area contributed by atoms with E-state index >= 15 is 4.39 Å². The average Bonchev–Trinajstić information content (AvgIpc) is 3.47. The molecule has 0 spiro atoms. The number of hydrogen-bond acceptors (Lipinski definition) is 11. The Morgan fingerprint density at radius 1 is 1.06 bits per heavy atom. The van der Waals surface area contributed by atoms with Crippen molar-refractivity contribution >= 4 is 38.8 Å². The monoisotopic (exact) mass is 709 g/mol. The minimum absolute atomic E-state index is 0.0445. The molecule has 1 atom stereocenters. The number of aromatic amines is 1. The summed E-state index contributed by atoms with van der Waals surface area (Å²) in [5.74, 6) is -5.71. The maximum Gasteiger partial charge on any atom is 0.490 e. The molecule has 22 heteroatoms. The molecular formula is C26H22F7N7O7S. The molecule has 1 unspecified atom stereocenters. The highest BCUT2D eigenvalue weighted by Gasteiger charge is 2.39. The Morgan fingerprint density at radius 3 is 2.15 bits per heavy atom. The maximum absolute atomic E-state index is 15.5. The van der Waals surface area contributed by atoms with E-state index in [0.29, 0.717) is 22.5 Å². The van der Waals surface area contributed by atoms with Gasteiger partial charge >= 0.3 is 24.3 Å². The van der Waals surface area contributed by atoms with Gasteiger partial charge in [-0.25, -0.2) is 37.3 Å². The SMILES string of the molecule is CCOc1c(C(C)Nc2ncnc3nc[nH]c23)cc(C#N)c(F)c1-c1cncc(S(C)(=O)=O)c1.O=C(O)C(F)(F)F.O=C(O)C(F)(F)F. The molecular weight excluding hydrogens is 687 g/mol. The Morgan fingerprint density at radius 2 is 1.65 bits per heavy atom. The van der Waals surface area contributed by atoms with Crippen molar-refractivity contribution in [1.82, 2.24) is 24.9 Å². The number of hydrogen-bond donors (Lipinski definition) is 4. The van der Waals surface area contributed by atoms with Gasteiger partial charge < -0.3 is 25.3 Å². The number of H-pyrrole nitrogens is 1. The number of imidazole rings is 1. The number of carboxylic acids is 2. The fourth-order valence-electron chi connectivity index (χ4n) is 3.54. The molecule has 14 nitrogen and oxygen atoms in total. The molecule has 0 aliphatic carbocycles. The molecule has 0 radical (unpaired) electrons. The van der Waals surface area contributed by atoms with Crippen LogP contribution in [0.1, 0.15) is 31.0 Å². The summed E-state index contributed by atoms with van der Waals surface area (Å²) in [6.07, 6.45) is -3.76. The third-order valence-electron chi connectivity index (χ3n) is 5.61. The second-order valence-electron chi connectivity index (χ2n) is 9.05. The molecule has 0 fully saturated rings. The number of halogens is 7. The first-order chi connectivity index (χ1) is 22.1. The standard InChI is InChI=1S/C22H20FN7O3S.2C2HF3O2/c1-4-33-20-16(12(2)30-22-19-21(27-10-26-19)28-11-29-22)6-13(7-24)18(23)17(20)14-5-15(9-25-8-14)34(3,31)32;2*3-2(4,5)1(6)7/h5-6,8-12H,4H2,1-3H3,(H2,26,27,28,29,30);2*(H,6,7). The van der Waals surface area contributed by atoms with Crippen molar-refractivity contribution in [2.45, 2.75) is 37.1 Å². The molecule has 48 heavy (non-hydrogen) atoms. The molecule has 0 amide bonds.